The average Bonchev–Trinajstić information content (AvgIpc) is 2.92. The van der Waals surface area contributed by atoms with Crippen molar-refractivity contribution in [1.29, 1.82) is 0 Å². The van der Waals surface area contributed by atoms with E-state index < -0.39 is 23.8 Å². The Bertz CT molecular complexity index is 967. The summed E-state index contributed by atoms with van der Waals surface area (Å²) in [5.74, 6) is 0.341. The fourth-order valence-corrected chi connectivity index (χ4v) is 6.26. The fraction of sp³-hybridized carbons (Fsp3) is 0.735. The number of carbonyl (C=O) groups is 3. The van der Waals surface area contributed by atoms with Gasteiger partial charge in [0, 0.05) is 12.6 Å². The monoisotopic (exact) mass is 603 g/mol. The normalized spacial score (nSPS) is 15.5. The van der Waals surface area contributed by atoms with Crippen molar-refractivity contribution < 1.29 is 19.1 Å². The summed E-state index contributed by atoms with van der Waals surface area (Å²) in [6, 6.07) is 4.59. The Balaban J connectivity index is 2.49. The molecule has 2 N–H and O–H groups in total. The van der Waals surface area contributed by atoms with Crippen LogP contribution in [0.4, 0.5) is 4.79 Å². The van der Waals surface area contributed by atoms with Crippen LogP contribution in [0.25, 0.3) is 0 Å². The van der Waals surface area contributed by atoms with Gasteiger partial charge in [-0.05, 0) is 89.0 Å². The number of unbranched alkanes of at least 4 members (excludes halogenated alkanes) is 5. The maximum Gasteiger partial charge on any atom is 0.408 e. The first-order valence-corrected chi connectivity index (χ1v) is 17.5. The molecule has 1 aliphatic rings. The fourth-order valence-electron chi connectivity index (χ4n) is 5.79. The first-order chi connectivity index (χ1) is 20.0. The average molecular weight is 604 g/mol. The molecule has 2 atom stereocenters. The molecule has 8 heteroatoms. The lowest BCUT2D eigenvalue weighted by molar-refractivity contribution is -0.143. The van der Waals surface area contributed by atoms with Crippen molar-refractivity contribution >= 4 is 29.7 Å². The molecule has 0 bridgehead atoms. The van der Waals surface area contributed by atoms with Crippen molar-refractivity contribution in [2.24, 2.45) is 0 Å². The molecule has 1 aromatic carbocycles. The number of hydrogen-bond donors (Lipinski definition) is 2. The number of benzene rings is 1. The van der Waals surface area contributed by atoms with Gasteiger partial charge in [-0.3, -0.25) is 9.59 Å². The molecule has 3 amide bonds. The Kier molecular flexibility index (Phi) is 15.8. The summed E-state index contributed by atoms with van der Waals surface area (Å²) >= 11 is 1.63. The third kappa shape index (κ3) is 12.2. The zero-order chi connectivity index (χ0) is 31.1. The van der Waals surface area contributed by atoms with E-state index in [9.17, 15) is 14.4 Å². The predicted molar refractivity (Wildman–Crippen MR) is 175 cm³/mol. The highest BCUT2D eigenvalue weighted by molar-refractivity contribution is 7.98. The van der Waals surface area contributed by atoms with Crippen LogP contribution in [-0.2, 0) is 14.3 Å². The number of hydrogen-bond acceptors (Lipinski definition) is 5. The van der Waals surface area contributed by atoms with Crippen LogP contribution in [0.5, 0.6) is 0 Å². The first kappa shape index (κ1) is 36.0. The van der Waals surface area contributed by atoms with Crippen molar-refractivity contribution in [3.8, 4) is 0 Å². The van der Waals surface area contributed by atoms with Crippen LogP contribution in [-0.4, -0.2) is 59.0 Å². The molecule has 2 rings (SSSR count). The summed E-state index contributed by atoms with van der Waals surface area (Å²) < 4.78 is 5.54. The van der Waals surface area contributed by atoms with E-state index in [0.29, 0.717) is 18.7 Å². The molecule has 1 aromatic rings. The molecule has 0 aromatic heterocycles. The number of nitrogens with one attached hydrogen (secondary N) is 2. The minimum absolute atomic E-state index is 0.122. The van der Waals surface area contributed by atoms with Gasteiger partial charge in [-0.2, -0.15) is 11.8 Å². The summed E-state index contributed by atoms with van der Waals surface area (Å²) in [7, 11) is 0. The third-order valence-electron chi connectivity index (χ3n) is 7.96. The maximum absolute atomic E-state index is 14.5. The number of nitrogens with zero attached hydrogens (tertiary/aromatic N) is 1. The second-order valence-corrected chi connectivity index (χ2v) is 13.8. The van der Waals surface area contributed by atoms with Gasteiger partial charge in [-0.25, -0.2) is 4.79 Å². The Hall–Kier alpha value is -2.22. The molecule has 1 fully saturated rings. The van der Waals surface area contributed by atoms with Crippen LogP contribution in [0.15, 0.2) is 18.2 Å². The molecule has 0 saturated heterocycles. The van der Waals surface area contributed by atoms with Gasteiger partial charge in [0.2, 0.25) is 11.8 Å². The van der Waals surface area contributed by atoms with Gasteiger partial charge in [0.15, 0.2) is 0 Å². The zero-order valence-electron chi connectivity index (χ0n) is 27.4. The number of aryl methyl sites for hydroxylation is 2. The van der Waals surface area contributed by atoms with Crippen LogP contribution in [0, 0.1) is 13.8 Å². The van der Waals surface area contributed by atoms with Gasteiger partial charge in [-0.15, -0.1) is 0 Å². The number of ether oxygens (including phenoxy) is 1. The lowest BCUT2D eigenvalue weighted by Gasteiger charge is -2.37. The lowest BCUT2D eigenvalue weighted by Crippen LogP contribution is -2.54. The lowest BCUT2D eigenvalue weighted by atomic mass is 9.91. The van der Waals surface area contributed by atoms with E-state index in [1.54, 1.807) is 16.7 Å². The highest BCUT2D eigenvalue weighted by atomic mass is 32.2. The quantitative estimate of drug-likeness (QED) is 0.190. The second-order valence-electron chi connectivity index (χ2n) is 12.8. The molecule has 0 spiro atoms. The molecule has 42 heavy (non-hydrogen) atoms. The second kappa shape index (κ2) is 18.4. The third-order valence-corrected chi connectivity index (χ3v) is 8.61. The van der Waals surface area contributed by atoms with E-state index in [-0.39, 0.29) is 17.9 Å². The summed E-state index contributed by atoms with van der Waals surface area (Å²) in [5.41, 5.74) is 2.17. The van der Waals surface area contributed by atoms with Gasteiger partial charge in [0.05, 0.1) is 0 Å². The molecular weight excluding hydrogens is 546 g/mol. The number of thioether (sulfide) groups is 1. The van der Waals surface area contributed by atoms with Gasteiger partial charge in [-0.1, -0.05) is 76.5 Å². The summed E-state index contributed by atoms with van der Waals surface area (Å²) in [4.78, 5) is 43.4. The van der Waals surface area contributed by atoms with E-state index in [0.717, 1.165) is 61.6 Å². The van der Waals surface area contributed by atoms with E-state index in [2.05, 4.69) is 17.6 Å². The van der Waals surface area contributed by atoms with Crippen molar-refractivity contribution in [2.45, 2.75) is 142 Å². The smallest absolute Gasteiger partial charge is 0.408 e. The van der Waals surface area contributed by atoms with Crippen LogP contribution in [0.3, 0.4) is 0 Å². The number of rotatable bonds is 16. The minimum atomic E-state index is -0.790. The van der Waals surface area contributed by atoms with Gasteiger partial charge < -0.3 is 20.3 Å². The van der Waals surface area contributed by atoms with Crippen molar-refractivity contribution in [2.75, 3.05) is 18.6 Å². The number of carbonyl (C=O) groups excluding carboxylic acids is 3. The predicted octanol–water partition coefficient (Wildman–Crippen LogP) is 7.63. The topological polar surface area (TPSA) is 87.7 Å². The van der Waals surface area contributed by atoms with Crippen LogP contribution in [0.1, 0.15) is 127 Å². The molecule has 1 aliphatic carbocycles. The summed E-state index contributed by atoms with van der Waals surface area (Å²) in [6.45, 7) is 12.1. The summed E-state index contributed by atoms with van der Waals surface area (Å²) in [6.07, 6.45) is 13.6. The molecule has 1 saturated carbocycles. The molecule has 238 valence electrons. The highest BCUT2D eigenvalue weighted by Crippen LogP contribution is 2.30. The molecule has 0 heterocycles. The first-order valence-electron chi connectivity index (χ1n) is 16.1. The molecule has 0 aliphatic heterocycles. The number of amides is 3. The number of alkyl carbamates (subject to hydrolysis) is 1. The molecule has 2 unspecified atom stereocenters. The Morgan fingerprint density at radius 3 is 2.21 bits per heavy atom. The molecular formula is C34H57N3O4S. The summed E-state index contributed by atoms with van der Waals surface area (Å²) in [5, 5.41) is 6.20. The Morgan fingerprint density at radius 2 is 1.62 bits per heavy atom. The van der Waals surface area contributed by atoms with Crippen molar-refractivity contribution in [3.05, 3.63) is 34.9 Å². The molecule has 7 nitrogen and oxygen atoms in total. The largest absolute Gasteiger partial charge is 0.444 e. The van der Waals surface area contributed by atoms with Gasteiger partial charge in [0.25, 0.3) is 0 Å². The van der Waals surface area contributed by atoms with Crippen LogP contribution < -0.4 is 10.6 Å². The standard InChI is InChI=1S/C34H57N3O4S/c1-8-9-10-11-12-16-23-37(32(39)28(22-24-42-7)36-33(40)41-34(4,5)6)30(29-25(2)18-17-19-26(29)3)31(38)35-27-20-14-13-15-21-27/h17-19,27-28,30H,8-16,20-24H2,1-7H3,(H,35,38)(H,36,40). The van der Waals surface area contributed by atoms with Crippen LogP contribution in [0.2, 0.25) is 0 Å². The van der Waals surface area contributed by atoms with Gasteiger partial charge in [0.1, 0.15) is 17.7 Å². The van der Waals surface area contributed by atoms with E-state index in [1.807, 2.05) is 59.1 Å². The van der Waals surface area contributed by atoms with E-state index >= 15 is 0 Å². The van der Waals surface area contributed by atoms with Crippen molar-refractivity contribution in [1.82, 2.24) is 15.5 Å². The Labute approximate surface area is 259 Å². The van der Waals surface area contributed by atoms with E-state index in [1.165, 1.54) is 25.7 Å². The minimum Gasteiger partial charge on any atom is -0.444 e. The Morgan fingerprint density at radius 1 is 1.00 bits per heavy atom. The van der Waals surface area contributed by atoms with Gasteiger partial charge >= 0.3 is 6.09 Å². The molecule has 0 radical (unpaired) electrons. The zero-order valence-corrected chi connectivity index (χ0v) is 28.2. The highest BCUT2D eigenvalue weighted by Gasteiger charge is 2.38. The maximum atomic E-state index is 14.5. The van der Waals surface area contributed by atoms with E-state index in [4.69, 9.17) is 4.74 Å². The van der Waals surface area contributed by atoms with Crippen molar-refractivity contribution in [3.63, 3.8) is 0 Å². The van der Waals surface area contributed by atoms with Crippen LogP contribution >= 0.6 is 11.8 Å². The SMILES string of the molecule is CCCCCCCCN(C(=O)C(CCSC)NC(=O)OC(C)(C)C)C(C(=O)NC1CCCCC1)c1c(C)cccc1C.